The highest BCUT2D eigenvalue weighted by Gasteiger charge is 2.31. The Morgan fingerprint density at radius 3 is 2.22 bits per heavy atom. The topological polar surface area (TPSA) is 44.0 Å². The molecule has 96 valence electrons. The van der Waals surface area contributed by atoms with Crippen molar-refractivity contribution >= 4 is 0 Å². The third-order valence-corrected chi connectivity index (χ3v) is 4.01. The minimum absolute atomic E-state index is 0.128. The summed E-state index contributed by atoms with van der Waals surface area (Å²) in [6.07, 6.45) is 7.33. The predicted molar refractivity (Wildman–Crippen MR) is 72.1 cm³/mol. The van der Waals surface area contributed by atoms with Crippen molar-refractivity contribution in [1.29, 1.82) is 5.26 Å². The Morgan fingerprint density at radius 2 is 1.67 bits per heavy atom. The van der Waals surface area contributed by atoms with Crippen molar-refractivity contribution in [3.63, 3.8) is 0 Å². The lowest BCUT2D eigenvalue weighted by atomic mass is 9.71. The second kappa shape index (κ2) is 6.02. The van der Waals surface area contributed by atoms with E-state index in [1.54, 1.807) is 0 Å². The quantitative estimate of drug-likeness (QED) is 0.882. The van der Waals surface area contributed by atoms with Crippen molar-refractivity contribution in [1.82, 2.24) is 0 Å². The Morgan fingerprint density at radius 1 is 1.06 bits per heavy atom. The maximum atomic E-state index is 9.46. The van der Waals surface area contributed by atoms with Crippen LogP contribution in [0.3, 0.4) is 0 Å². The van der Waals surface area contributed by atoms with Gasteiger partial charge in [0, 0.05) is 6.61 Å². The van der Waals surface area contributed by atoms with E-state index in [2.05, 4.69) is 30.3 Å². The molecule has 1 N–H and O–H groups in total. The zero-order chi connectivity index (χ0) is 12.8. The fourth-order valence-corrected chi connectivity index (χ4v) is 2.90. The van der Waals surface area contributed by atoms with E-state index in [9.17, 15) is 5.26 Å². The Balaban J connectivity index is 2.05. The van der Waals surface area contributed by atoms with E-state index >= 15 is 0 Å². The van der Waals surface area contributed by atoms with Crippen molar-refractivity contribution in [2.75, 3.05) is 6.61 Å². The molecule has 1 aromatic rings. The van der Waals surface area contributed by atoms with Gasteiger partial charge in [-0.3, -0.25) is 0 Å². The Kier molecular flexibility index (Phi) is 4.38. The molecular formula is C16H21NO. The van der Waals surface area contributed by atoms with Gasteiger partial charge < -0.3 is 5.11 Å². The summed E-state index contributed by atoms with van der Waals surface area (Å²) >= 11 is 0. The van der Waals surface area contributed by atoms with Crippen molar-refractivity contribution in [3.8, 4) is 6.07 Å². The molecule has 1 saturated carbocycles. The maximum Gasteiger partial charge on any atom is 0.0693 e. The first-order chi connectivity index (χ1) is 8.78. The van der Waals surface area contributed by atoms with E-state index in [0.29, 0.717) is 6.42 Å². The van der Waals surface area contributed by atoms with Gasteiger partial charge in [0.05, 0.1) is 11.5 Å². The number of rotatable bonds is 4. The zero-order valence-electron chi connectivity index (χ0n) is 10.9. The molecule has 1 fully saturated rings. The third kappa shape index (κ3) is 3.11. The molecule has 0 heterocycles. The molecular weight excluding hydrogens is 222 g/mol. The van der Waals surface area contributed by atoms with Crippen LogP contribution in [-0.4, -0.2) is 11.7 Å². The molecule has 1 aliphatic rings. The highest BCUT2D eigenvalue weighted by atomic mass is 16.2. The maximum absolute atomic E-state index is 9.46. The van der Waals surface area contributed by atoms with Gasteiger partial charge in [-0.2, -0.15) is 5.26 Å². The SMILES string of the molecule is N#CC1(Cc2ccc(CCO)cc2)CCCCC1. The average molecular weight is 243 g/mol. The van der Waals surface area contributed by atoms with Crippen LogP contribution in [0.4, 0.5) is 0 Å². The minimum atomic E-state index is -0.128. The van der Waals surface area contributed by atoms with Crippen LogP contribution < -0.4 is 0 Å². The second-order valence-corrected chi connectivity index (χ2v) is 5.42. The second-order valence-electron chi connectivity index (χ2n) is 5.42. The molecule has 0 aliphatic heterocycles. The summed E-state index contributed by atoms with van der Waals surface area (Å²) in [7, 11) is 0. The molecule has 2 nitrogen and oxygen atoms in total. The summed E-state index contributed by atoms with van der Waals surface area (Å²) in [5, 5.41) is 18.3. The van der Waals surface area contributed by atoms with Crippen molar-refractivity contribution < 1.29 is 5.11 Å². The van der Waals surface area contributed by atoms with Crippen molar-refractivity contribution in [2.24, 2.45) is 5.41 Å². The predicted octanol–water partition coefficient (Wildman–Crippen LogP) is 3.24. The first-order valence-electron chi connectivity index (χ1n) is 6.88. The molecule has 0 radical (unpaired) electrons. The van der Waals surface area contributed by atoms with Crippen LogP contribution in [0.25, 0.3) is 0 Å². The van der Waals surface area contributed by atoms with Gasteiger partial charge in [-0.25, -0.2) is 0 Å². The fraction of sp³-hybridized carbons (Fsp3) is 0.562. The van der Waals surface area contributed by atoms with Gasteiger partial charge in [-0.15, -0.1) is 0 Å². The zero-order valence-corrected chi connectivity index (χ0v) is 10.9. The van der Waals surface area contributed by atoms with Crippen LogP contribution in [0.2, 0.25) is 0 Å². The van der Waals surface area contributed by atoms with Crippen molar-refractivity contribution in [2.45, 2.75) is 44.9 Å². The smallest absolute Gasteiger partial charge is 0.0693 e. The summed E-state index contributed by atoms with van der Waals surface area (Å²) < 4.78 is 0. The van der Waals surface area contributed by atoms with Crippen LogP contribution in [0.1, 0.15) is 43.2 Å². The lowest BCUT2D eigenvalue weighted by Gasteiger charge is -2.30. The molecule has 0 amide bonds. The monoisotopic (exact) mass is 243 g/mol. The molecule has 18 heavy (non-hydrogen) atoms. The number of aliphatic hydroxyl groups excluding tert-OH is 1. The summed E-state index contributed by atoms with van der Waals surface area (Å²) in [6.45, 7) is 0.196. The third-order valence-electron chi connectivity index (χ3n) is 4.01. The van der Waals surface area contributed by atoms with E-state index in [0.717, 1.165) is 24.8 Å². The normalized spacial score (nSPS) is 18.2. The molecule has 1 aliphatic carbocycles. The Labute approximate surface area is 109 Å². The largest absolute Gasteiger partial charge is 0.396 e. The number of benzene rings is 1. The molecule has 1 aromatic carbocycles. The van der Waals surface area contributed by atoms with E-state index in [1.165, 1.54) is 24.8 Å². The minimum Gasteiger partial charge on any atom is -0.396 e. The van der Waals surface area contributed by atoms with E-state index in [-0.39, 0.29) is 12.0 Å². The molecule has 0 saturated heterocycles. The molecule has 0 unspecified atom stereocenters. The Bertz CT molecular complexity index is 410. The molecule has 0 bridgehead atoms. The van der Waals surface area contributed by atoms with Gasteiger partial charge in [0.1, 0.15) is 0 Å². The fourth-order valence-electron chi connectivity index (χ4n) is 2.90. The standard InChI is InChI=1S/C16H21NO/c17-13-16(9-2-1-3-10-16)12-15-6-4-14(5-7-15)8-11-18/h4-7,18H,1-3,8-12H2. The van der Waals surface area contributed by atoms with Gasteiger partial charge in [0.25, 0.3) is 0 Å². The van der Waals surface area contributed by atoms with Crippen LogP contribution in [0, 0.1) is 16.7 Å². The lowest BCUT2D eigenvalue weighted by Crippen LogP contribution is -2.24. The Hall–Kier alpha value is -1.33. The average Bonchev–Trinajstić information content (AvgIpc) is 2.42. The molecule has 0 atom stereocenters. The van der Waals surface area contributed by atoms with Gasteiger partial charge >= 0.3 is 0 Å². The summed E-state index contributed by atoms with van der Waals surface area (Å²) in [5.74, 6) is 0. The van der Waals surface area contributed by atoms with Crippen LogP contribution in [0.15, 0.2) is 24.3 Å². The van der Waals surface area contributed by atoms with Gasteiger partial charge in [-0.1, -0.05) is 43.5 Å². The summed E-state index contributed by atoms with van der Waals surface area (Å²) in [5.41, 5.74) is 2.28. The number of nitriles is 1. The highest BCUT2D eigenvalue weighted by Crippen LogP contribution is 2.38. The number of hydrogen-bond acceptors (Lipinski definition) is 2. The first-order valence-corrected chi connectivity index (χ1v) is 6.88. The van der Waals surface area contributed by atoms with E-state index in [4.69, 9.17) is 5.11 Å². The van der Waals surface area contributed by atoms with Gasteiger partial charge in [0.2, 0.25) is 0 Å². The van der Waals surface area contributed by atoms with Crippen LogP contribution >= 0.6 is 0 Å². The molecule has 0 aromatic heterocycles. The van der Waals surface area contributed by atoms with E-state index < -0.39 is 0 Å². The van der Waals surface area contributed by atoms with Gasteiger partial charge in [0.15, 0.2) is 0 Å². The highest BCUT2D eigenvalue weighted by molar-refractivity contribution is 5.25. The molecule has 2 rings (SSSR count). The number of nitrogens with zero attached hydrogens (tertiary/aromatic N) is 1. The number of hydrogen-bond donors (Lipinski definition) is 1. The summed E-state index contributed by atoms with van der Waals surface area (Å²) in [6, 6.07) is 10.9. The van der Waals surface area contributed by atoms with Gasteiger partial charge in [-0.05, 0) is 36.8 Å². The molecule has 0 spiro atoms. The first kappa shape index (κ1) is 13.1. The number of aliphatic hydroxyl groups is 1. The van der Waals surface area contributed by atoms with E-state index in [1.807, 2.05) is 0 Å². The van der Waals surface area contributed by atoms with Crippen LogP contribution in [0.5, 0.6) is 0 Å². The van der Waals surface area contributed by atoms with Crippen molar-refractivity contribution in [3.05, 3.63) is 35.4 Å². The van der Waals surface area contributed by atoms with Crippen LogP contribution in [-0.2, 0) is 12.8 Å². The molecule has 2 heteroatoms. The lowest BCUT2D eigenvalue weighted by molar-refractivity contribution is 0.266. The summed E-state index contributed by atoms with van der Waals surface area (Å²) in [4.78, 5) is 0.